The lowest BCUT2D eigenvalue weighted by Crippen LogP contribution is -1.85. The summed E-state index contributed by atoms with van der Waals surface area (Å²) >= 11 is 0. The molecule has 0 aromatic heterocycles. The van der Waals surface area contributed by atoms with E-state index in [1.165, 1.54) is 89.9 Å². The summed E-state index contributed by atoms with van der Waals surface area (Å²) in [7, 11) is 0. The number of rotatable bonds is 17. The molecule has 2 heteroatoms. The van der Waals surface area contributed by atoms with Gasteiger partial charge in [0.15, 0.2) is 0 Å². The summed E-state index contributed by atoms with van der Waals surface area (Å²) < 4.78 is 0. The Bertz CT molecular complexity index is 778. The van der Waals surface area contributed by atoms with Gasteiger partial charge < -0.3 is 10.2 Å². The van der Waals surface area contributed by atoms with E-state index in [9.17, 15) is 10.2 Å². The number of para-hydroxylation sites is 1. The Kier molecular flexibility index (Phi) is 13.4. The van der Waals surface area contributed by atoms with E-state index in [1.807, 2.05) is 24.3 Å². The average molecular weight is 437 g/mol. The predicted molar refractivity (Wildman–Crippen MR) is 139 cm³/mol. The van der Waals surface area contributed by atoms with Gasteiger partial charge >= 0.3 is 0 Å². The maximum atomic E-state index is 10.4. The Hall–Kier alpha value is -2.22. The molecule has 176 valence electrons. The first-order valence-electron chi connectivity index (χ1n) is 13.0. The minimum atomic E-state index is 0.190. The van der Waals surface area contributed by atoms with E-state index in [-0.39, 0.29) is 11.5 Å². The zero-order valence-electron chi connectivity index (χ0n) is 20.2. The van der Waals surface area contributed by atoms with E-state index in [4.69, 9.17) is 0 Å². The molecule has 0 atom stereocenters. The monoisotopic (exact) mass is 436 g/mol. The highest BCUT2D eigenvalue weighted by molar-refractivity contribution is 5.83. The number of allylic oxidation sites excluding steroid dienone is 1. The second kappa shape index (κ2) is 16.4. The first-order chi connectivity index (χ1) is 15.7. The molecule has 0 amide bonds. The van der Waals surface area contributed by atoms with Crippen LogP contribution in [0.25, 0.3) is 17.2 Å². The molecule has 0 spiro atoms. The molecule has 0 radical (unpaired) electrons. The smallest absolute Gasteiger partial charge is 0.124 e. The van der Waals surface area contributed by atoms with Crippen molar-refractivity contribution in [1.29, 1.82) is 0 Å². The summed E-state index contributed by atoms with van der Waals surface area (Å²) in [6.07, 6.45) is 24.6. The number of unbranched alkanes of at least 4 members (excludes halogenated alkanes) is 14. The van der Waals surface area contributed by atoms with Gasteiger partial charge in [-0.2, -0.15) is 0 Å². The third-order valence-corrected chi connectivity index (χ3v) is 6.27. The van der Waals surface area contributed by atoms with Crippen molar-refractivity contribution in [3.05, 3.63) is 54.1 Å². The highest BCUT2D eigenvalue weighted by atomic mass is 16.3. The van der Waals surface area contributed by atoms with Crippen molar-refractivity contribution in [2.75, 3.05) is 0 Å². The highest BCUT2D eigenvalue weighted by Crippen LogP contribution is 2.38. The summed E-state index contributed by atoms with van der Waals surface area (Å²) in [6, 6.07) is 12.7. The van der Waals surface area contributed by atoms with Crippen LogP contribution in [0.5, 0.6) is 11.5 Å². The minimum Gasteiger partial charge on any atom is -0.507 e. The number of hydrogen-bond donors (Lipinski definition) is 2. The Morgan fingerprint density at radius 3 is 1.72 bits per heavy atom. The SMILES string of the molecule is CCCCCCCCCCCCCCCCC=Cc1cccc(O)c1-c1ccccc1O. The summed E-state index contributed by atoms with van der Waals surface area (Å²) in [5.74, 6) is 0.390. The molecule has 0 unspecified atom stereocenters. The molecular formula is C30H44O2. The lowest BCUT2D eigenvalue weighted by Gasteiger charge is -2.10. The standard InChI is InChI=1S/C30H44O2/c1-2-3-4-5-6-7-8-9-10-11-12-13-14-15-16-17-21-26-22-20-25-29(32)30(26)27-23-18-19-24-28(27)31/h17-25,31-32H,2-16H2,1H3. The van der Waals surface area contributed by atoms with E-state index < -0.39 is 0 Å². The van der Waals surface area contributed by atoms with Gasteiger partial charge in [-0.15, -0.1) is 0 Å². The fourth-order valence-corrected chi connectivity index (χ4v) is 4.34. The van der Waals surface area contributed by atoms with E-state index in [0.717, 1.165) is 12.0 Å². The normalized spacial score (nSPS) is 11.4. The second-order valence-corrected chi connectivity index (χ2v) is 9.05. The van der Waals surface area contributed by atoms with Crippen molar-refractivity contribution in [1.82, 2.24) is 0 Å². The van der Waals surface area contributed by atoms with Gasteiger partial charge in [-0.3, -0.25) is 0 Å². The van der Waals surface area contributed by atoms with Crippen molar-refractivity contribution in [3.8, 4) is 22.6 Å². The molecule has 0 aliphatic heterocycles. The van der Waals surface area contributed by atoms with E-state index >= 15 is 0 Å². The number of aromatic hydroxyl groups is 2. The van der Waals surface area contributed by atoms with Crippen LogP contribution in [0.3, 0.4) is 0 Å². The molecule has 0 aliphatic rings. The molecule has 2 N–H and O–H groups in total. The van der Waals surface area contributed by atoms with Gasteiger partial charge in [-0.05, 0) is 30.5 Å². The maximum Gasteiger partial charge on any atom is 0.124 e. The van der Waals surface area contributed by atoms with Gasteiger partial charge in [-0.1, -0.05) is 133 Å². The lowest BCUT2D eigenvalue weighted by atomic mass is 9.97. The van der Waals surface area contributed by atoms with Crippen molar-refractivity contribution in [2.24, 2.45) is 0 Å². The van der Waals surface area contributed by atoms with Crippen LogP contribution in [0.4, 0.5) is 0 Å². The van der Waals surface area contributed by atoms with E-state index in [2.05, 4.69) is 19.1 Å². The second-order valence-electron chi connectivity index (χ2n) is 9.05. The van der Waals surface area contributed by atoms with Crippen LogP contribution in [0.15, 0.2) is 48.5 Å². The summed E-state index contributed by atoms with van der Waals surface area (Å²) in [6.45, 7) is 2.28. The highest BCUT2D eigenvalue weighted by Gasteiger charge is 2.11. The molecule has 2 nitrogen and oxygen atoms in total. The number of phenolic OH excluding ortho intramolecular Hbond substituents is 2. The Morgan fingerprint density at radius 1 is 0.594 bits per heavy atom. The Labute approximate surface area is 196 Å². The van der Waals surface area contributed by atoms with Crippen molar-refractivity contribution in [3.63, 3.8) is 0 Å². The summed E-state index contributed by atoms with van der Waals surface area (Å²) in [4.78, 5) is 0. The lowest BCUT2D eigenvalue weighted by molar-refractivity contribution is 0.469. The van der Waals surface area contributed by atoms with Gasteiger partial charge in [-0.25, -0.2) is 0 Å². The van der Waals surface area contributed by atoms with Crippen LogP contribution in [0.2, 0.25) is 0 Å². The summed E-state index contributed by atoms with van der Waals surface area (Å²) in [5, 5.41) is 20.5. The quantitative estimate of drug-likeness (QED) is 0.242. The topological polar surface area (TPSA) is 40.5 Å². The minimum absolute atomic E-state index is 0.190. The van der Waals surface area contributed by atoms with Crippen LogP contribution in [-0.2, 0) is 0 Å². The first kappa shape index (κ1) is 26.0. The van der Waals surface area contributed by atoms with Gasteiger partial charge in [0.2, 0.25) is 0 Å². The van der Waals surface area contributed by atoms with E-state index in [0.29, 0.717) is 11.1 Å². The van der Waals surface area contributed by atoms with Crippen molar-refractivity contribution in [2.45, 2.75) is 103 Å². The van der Waals surface area contributed by atoms with Crippen LogP contribution < -0.4 is 0 Å². The molecule has 0 bridgehead atoms. The number of hydrogen-bond acceptors (Lipinski definition) is 2. The van der Waals surface area contributed by atoms with Crippen molar-refractivity contribution < 1.29 is 10.2 Å². The molecule has 2 aromatic carbocycles. The first-order valence-corrected chi connectivity index (χ1v) is 13.0. The Morgan fingerprint density at radius 2 is 1.12 bits per heavy atom. The molecule has 0 heterocycles. The van der Waals surface area contributed by atoms with Crippen LogP contribution in [0.1, 0.15) is 109 Å². The molecule has 0 aliphatic carbocycles. The molecular weight excluding hydrogens is 392 g/mol. The molecule has 0 saturated carbocycles. The van der Waals surface area contributed by atoms with Crippen LogP contribution >= 0.6 is 0 Å². The average Bonchev–Trinajstić information content (AvgIpc) is 2.79. The third kappa shape index (κ3) is 9.94. The maximum absolute atomic E-state index is 10.4. The largest absolute Gasteiger partial charge is 0.507 e. The molecule has 0 fully saturated rings. The fourth-order valence-electron chi connectivity index (χ4n) is 4.34. The number of phenols is 2. The van der Waals surface area contributed by atoms with Gasteiger partial charge in [0.1, 0.15) is 11.5 Å². The van der Waals surface area contributed by atoms with Crippen LogP contribution in [-0.4, -0.2) is 10.2 Å². The zero-order valence-corrected chi connectivity index (χ0v) is 20.2. The zero-order chi connectivity index (χ0) is 22.9. The molecule has 2 aromatic rings. The Balaban J connectivity index is 1.57. The number of benzene rings is 2. The molecule has 32 heavy (non-hydrogen) atoms. The van der Waals surface area contributed by atoms with Gasteiger partial charge in [0.05, 0.1) is 0 Å². The summed E-state index contributed by atoms with van der Waals surface area (Å²) in [5.41, 5.74) is 2.31. The fraction of sp³-hybridized carbons (Fsp3) is 0.533. The van der Waals surface area contributed by atoms with Gasteiger partial charge in [0.25, 0.3) is 0 Å². The molecule has 2 rings (SSSR count). The predicted octanol–water partition coefficient (Wildman–Crippen LogP) is 9.65. The van der Waals surface area contributed by atoms with Crippen LogP contribution in [0, 0.1) is 0 Å². The molecule has 0 saturated heterocycles. The van der Waals surface area contributed by atoms with Gasteiger partial charge in [0, 0.05) is 11.1 Å². The third-order valence-electron chi connectivity index (χ3n) is 6.27. The van der Waals surface area contributed by atoms with E-state index in [1.54, 1.807) is 18.2 Å². The van der Waals surface area contributed by atoms with Crippen molar-refractivity contribution >= 4 is 6.08 Å².